The van der Waals surface area contributed by atoms with Crippen molar-refractivity contribution in [2.75, 3.05) is 6.61 Å². The number of hydrogen-bond donors (Lipinski definition) is 1. The quantitative estimate of drug-likeness (QED) is 0.219. The fraction of sp³-hybridized carbons (Fsp3) is 0.935. The second-order valence-corrected chi connectivity index (χ2v) is 17.3. The number of aliphatic hydroxyl groups is 1. The Bertz CT molecular complexity index is 667. The van der Waals surface area contributed by atoms with E-state index in [1.54, 1.807) is 5.57 Å². The van der Waals surface area contributed by atoms with Crippen molar-refractivity contribution < 1.29 is 9.53 Å². The van der Waals surface area contributed by atoms with Crippen LogP contribution in [0.5, 0.6) is 0 Å². The molecular weight excluding hydrogens is 432 g/mol. The zero-order chi connectivity index (χ0) is 24.2. The topological polar surface area (TPSA) is 29.5 Å². The van der Waals surface area contributed by atoms with Gasteiger partial charge >= 0.3 is 0 Å². The molecule has 4 rings (SSSR count). The average molecular weight is 489 g/mol. The highest BCUT2D eigenvalue weighted by Crippen LogP contribution is 2.65. The van der Waals surface area contributed by atoms with Crippen LogP contribution in [0.15, 0.2) is 11.6 Å². The van der Waals surface area contributed by atoms with E-state index in [1.165, 1.54) is 108 Å². The molecule has 2 nitrogen and oxygen atoms in total. The van der Waals surface area contributed by atoms with Crippen LogP contribution in [0, 0.1) is 28.6 Å². The Balaban J connectivity index is 1.52. The molecule has 0 bridgehead atoms. The summed E-state index contributed by atoms with van der Waals surface area (Å²) in [5, 5.41) is 10.9. The van der Waals surface area contributed by atoms with Crippen LogP contribution < -0.4 is 0 Å². The van der Waals surface area contributed by atoms with Gasteiger partial charge in [0.2, 0.25) is 0 Å². The lowest BCUT2D eigenvalue weighted by Crippen LogP contribution is -2.53. The first-order chi connectivity index (χ1) is 16.5. The largest absolute Gasteiger partial charge is 0.414 e. The van der Waals surface area contributed by atoms with E-state index in [-0.39, 0.29) is 5.41 Å². The highest BCUT2D eigenvalue weighted by atomic mass is 28.4. The Morgan fingerprint density at radius 2 is 1.59 bits per heavy atom. The summed E-state index contributed by atoms with van der Waals surface area (Å²) < 4.78 is 7.36. The Kier molecular flexibility index (Phi) is 9.11. The zero-order valence-electron chi connectivity index (χ0n) is 23.2. The SMILES string of the molecule is CCCC[Si](CCCC)(CCCC)OC1CC[C@@]2(CO)C(=CC[C@H]3[C@@H]4CCC[C@@]4(C)CC[C@@H]32)C1. The summed E-state index contributed by atoms with van der Waals surface area (Å²) in [5.74, 6) is 2.44. The summed E-state index contributed by atoms with van der Waals surface area (Å²) in [4.78, 5) is 0. The number of rotatable bonds is 12. The van der Waals surface area contributed by atoms with E-state index in [1.807, 2.05) is 0 Å². The van der Waals surface area contributed by atoms with Crippen molar-refractivity contribution in [2.24, 2.45) is 28.6 Å². The van der Waals surface area contributed by atoms with Gasteiger partial charge < -0.3 is 9.53 Å². The molecule has 0 saturated heterocycles. The second-order valence-electron chi connectivity index (χ2n) is 13.2. The van der Waals surface area contributed by atoms with Crippen LogP contribution >= 0.6 is 0 Å². The van der Waals surface area contributed by atoms with Gasteiger partial charge in [0.05, 0.1) is 6.61 Å². The van der Waals surface area contributed by atoms with Gasteiger partial charge in [-0.15, -0.1) is 0 Å². The first-order valence-electron chi connectivity index (χ1n) is 15.4. The van der Waals surface area contributed by atoms with Crippen molar-refractivity contribution in [1.29, 1.82) is 0 Å². The van der Waals surface area contributed by atoms with Gasteiger partial charge in [0.15, 0.2) is 8.32 Å². The van der Waals surface area contributed by atoms with E-state index in [2.05, 4.69) is 33.8 Å². The lowest BCUT2D eigenvalue weighted by molar-refractivity contribution is -0.0637. The molecular formula is C31H56O2Si. The molecule has 1 N–H and O–H groups in total. The third kappa shape index (κ3) is 5.14. The van der Waals surface area contributed by atoms with Gasteiger partial charge in [0, 0.05) is 11.5 Å². The Morgan fingerprint density at radius 3 is 2.21 bits per heavy atom. The van der Waals surface area contributed by atoms with E-state index >= 15 is 0 Å². The summed E-state index contributed by atoms with van der Waals surface area (Å²) >= 11 is 0. The summed E-state index contributed by atoms with van der Waals surface area (Å²) in [6.45, 7) is 10.00. The van der Waals surface area contributed by atoms with Crippen molar-refractivity contribution >= 4 is 8.32 Å². The van der Waals surface area contributed by atoms with Crippen molar-refractivity contribution in [3.63, 3.8) is 0 Å². The predicted molar refractivity (Wildman–Crippen MR) is 148 cm³/mol. The van der Waals surface area contributed by atoms with E-state index < -0.39 is 8.32 Å². The Hall–Kier alpha value is -0.123. The van der Waals surface area contributed by atoms with Crippen molar-refractivity contribution in [2.45, 2.75) is 148 Å². The van der Waals surface area contributed by atoms with Gasteiger partial charge in [-0.3, -0.25) is 0 Å². The van der Waals surface area contributed by atoms with Crippen LogP contribution in [0.3, 0.4) is 0 Å². The highest BCUT2D eigenvalue weighted by Gasteiger charge is 2.57. The molecule has 0 aromatic heterocycles. The monoisotopic (exact) mass is 488 g/mol. The van der Waals surface area contributed by atoms with Gasteiger partial charge in [0.25, 0.3) is 0 Å². The molecule has 196 valence electrons. The molecule has 3 fully saturated rings. The van der Waals surface area contributed by atoms with Crippen LogP contribution in [0.25, 0.3) is 0 Å². The maximum absolute atomic E-state index is 10.9. The standard InChI is InChI=1S/C31H56O2Si/c1-5-8-20-34(21-9-6-2,22-10-7-3)33-26-15-19-31(24-32)25(23-26)13-14-27-28-12-11-17-30(28,4)18-16-29(27)31/h13,26-29,32H,5-12,14-24H2,1-4H3/t26?,27-,28-,29-,30-,31+/m0/s1. The van der Waals surface area contributed by atoms with E-state index in [9.17, 15) is 5.11 Å². The first kappa shape index (κ1) is 26.9. The summed E-state index contributed by atoms with van der Waals surface area (Å²) in [7, 11) is -1.69. The molecule has 0 aromatic rings. The minimum Gasteiger partial charge on any atom is -0.414 e. The number of allylic oxidation sites excluding steroid dienone is 1. The summed E-state index contributed by atoms with van der Waals surface area (Å²) in [6.07, 6.45) is 22.8. The molecule has 3 saturated carbocycles. The number of hydrogen-bond acceptors (Lipinski definition) is 2. The molecule has 0 aromatic carbocycles. The maximum Gasteiger partial charge on any atom is 0.193 e. The Labute approximate surface area is 212 Å². The first-order valence-corrected chi connectivity index (χ1v) is 18.0. The van der Waals surface area contributed by atoms with E-state index in [0.717, 1.165) is 24.2 Å². The number of unbranched alkanes of at least 4 members (excludes halogenated alkanes) is 3. The molecule has 6 atom stereocenters. The zero-order valence-corrected chi connectivity index (χ0v) is 24.2. The molecule has 0 spiro atoms. The minimum absolute atomic E-state index is 0.0766. The average Bonchev–Trinajstić information content (AvgIpc) is 3.26. The third-order valence-corrected chi connectivity index (χ3v) is 15.8. The molecule has 3 heteroatoms. The molecule has 0 aliphatic heterocycles. The van der Waals surface area contributed by atoms with Crippen molar-refractivity contribution in [3.8, 4) is 0 Å². The van der Waals surface area contributed by atoms with Crippen molar-refractivity contribution in [3.05, 3.63) is 11.6 Å². The van der Waals surface area contributed by atoms with Gasteiger partial charge in [-0.2, -0.15) is 0 Å². The molecule has 0 amide bonds. The maximum atomic E-state index is 10.9. The summed E-state index contributed by atoms with van der Waals surface area (Å²) in [5.41, 5.74) is 2.28. The Morgan fingerprint density at radius 1 is 0.912 bits per heavy atom. The van der Waals surface area contributed by atoms with E-state index in [0.29, 0.717) is 18.1 Å². The molecule has 0 heterocycles. The fourth-order valence-electron chi connectivity index (χ4n) is 9.21. The molecule has 1 unspecified atom stereocenters. The second kappa shape index (κ2) is 11.5. The van der Waals surface area contributed by atoms with Gasteiger partial charge in [-0.25, -0.2) is 0 Å². The third-order valence-electron chi connectivity index (χ3n) is 11.2. The molecule has 0 radical (unpaired) electrons. The predicted octanol–water partition coefficient (Wildman–Crippen LogP) is 9.04. The lowest BCUT2D eigenvalue weighted by atomic mass is 9.48. The lowest BCUT2D eigenvalue weighted by Gasteiger charge is -2.58. The summed E-state index contributed by atoms with van der Waals surface area (Å²) in [6, 6.07) is 4.11. The number of aliphatic hydroxyl groups excluding tert-OH is 1. The van der Waals surface area contributed by atoms with Crippen LogP contribution in [0.4, 0.5) is 0 Å². The van der Waals surface area contributed by atoms with Crippen LogP contribution in [0.1, 0.15) is 124 Å². The van der Waals surface area contributed by atoms with Crippen LogP contribution in [-0.2, 0) is 4.43 Å². The molecule has 34 heavy (non-hydrogen) atoms. The van der Waals surface area contributed by atoms with Crippen LogP contribution in [0.2, 0.25) is 18.1 Å². The highest BCUT2D eigenvalue weighted by molar-refractivity contribution is 6.73. The normalized spacial score (nSPS) is 37.6. The smallest absolute Gasteiger partial charge is 0.193 e. The van der Waals surface area contributed by atoms with E-state index in [4.69, 9.17) is 4.43 Å². The minimum atomic E-state index is -1.69. The fourth-order valence-corrected chi connectivity index (χ4v) is 14.2. The number of fused-ring (bicyclic) bond motifs is 5. The molecule has 4 aliphatic rings. The van der Waals surface area contributed by atoms with Gasteiger partial charge in [-0.1, -0.05) is 84.3 Å². The van der Waals surface area contributed by atoms with Gasteiger partial charge in [-0.05, 0) is 92.7 Å². The molecule has 4 aliphatic carbocycles. The van der Waals surface area contributed by atoms with Crippen LogP contribution in [-0.4, -0.2) is 26.1 Å². The van der Waals surface area contributed by atoms with Gasteiger partial charge in [0.1, 0.15) is 0 Å². The van der Waals surface area contributed by atoms with Crippen molar-refractivity contribution in [1.82, 2.24) is 0 Å².